The molecule has 3 nitrogen and oxygen atoms in total. The summed E-state index contributed by atoms with van der Waals surface area (Å²) in [7, 11) is 0. The van der Waals surface area contributed by atoms with Crippen molar-refractivity contribution in [2.75, 3.05) is 13.2 Å². The van der Waals surface area contributed by atoms with E-state index in [-0.39, 0.29) is 0 Å². The second-order valence-corrected chi connectivity index (χ2v) is 2.59. The first-order valence-electron chi connectivity index (χ1n) is 3.16. The molecule has 2 aliphatic heterocycles. The van der Waals surface area contributed by atoms with Crippen LogP contribution in [0.4, 0.5) is 0 Å². The molecule has 9 heavy (non-hydrogen) atoms. The van der Waals surface area contributed by atoms with E-state index in [2.05, 4.69) is 0 Å². The number of hydrogen-bond donors (Lipinski definition) is 0. The predicted octanol–water partition coefficient (Wildman–Crippen LogP) is -0.473. The van der Waals surface area contributed by atoms with Crippen LogP contribution in [0.3, 0.4) is 0 Å². The molecule has 0 aromatic heterocycles. The summed E-state index contributed by atoms with van der Waals surface area (Å²) in [6.07, 6.45) is 3.24. The van der Waals surface area contributed by atoms with E-state index in [9.17, 15) is 4.79 Å². The fraction of sp³-hybridized carbons (Fsp3) is 0.833. The van der Waals surface area contributed by atoms with Crippen molar-refractivity contribution < 1.29 is 9.53 Å². The highest BCUT2D eigenvalue weighted by molar-refractivity contribution is 5.50. The van der Waals surface area contributed by atoms with Gasteiger partial charge in [-0.2, -0.15) is 0 Å². The summed E-state index contributed by atoms with van der Waals surface area (Å²) < 4.78 is 5.26. The molecule has 2 saturated heterocycles. The van der Waals surface area contributed by atoms with Crippen molar-refractivity contribution in [3.05, 3.63) is 0 Å². The number of rotatable bonds is 1. The molecule has 2 bridgehead atoms. The van der Waals surface area contributed by atoms with Crippen LogP contribution in [0, 0.1) is 0 Å². The number of likely N-dealkylation sites (tertiary alicyclic amines) is 1. The van der Waals surface area contributed by atoms with Crippen molar-refractivity contribution in [2.45, 2.75) is 18.6 Å². The molecule has 2 fully saturated rings. The number of hydrogen-bond acceptors (Lipinski definition) is 2. The maximum absolute atomic E-state index is 10.1. The Bertz CT molecular complexity index is 137. The fourth-order valence-electron chi connectivity index (χ4n) is 1.51. The van der Waals surface area contributed by atoms with E-state index in [0.29, 0.717) is 12.1 Å². The minimum Gasteiger partial charge on any atom is -0.374 e. The third kappa shape index (κ3) is 0.645. The lowest BCUT2D eigenvalue weighted by Crippen LogP contribution is -2.35. The molecule has 2 atom stereocenters. The van der Waals surface area contributed by atoms with Crippen molar-refractivity contribution in [1.82, 2.24) is 4.90 Å². The molecule has 0 spiro atoms. The van der Waals surface area contributed by atoms with Gasteiger partial charge in [0, 0.05) is 6.54 Å². The second kappa shape index (κ2) is 1.70. The normalized spacial score (nSPS) is 39.8. The summed E-state index contributed by atoms with van der Waals surface area (Å²) in [6.45, 7) is 1.48. The zero-order valence-electron chi connectivity index (χ0n) is 5.04. The topological polar surface area (TPSA) is 29.5 Å². The van der Waals surface area contributed by atoms with Gasteiger partial charge in [-0.3, -0.25) is 4.79 Å². The Balaban J connectivity index is 2.09. The second-order valence-electron chi connectivity index (χ2n) is 2.59. The van der Waals surface area contributed by atoms with Crippen LogP contribution < -0.4 is 0 Å². The van der Waals surface area contributed by atoms with Crippen molar-refractivity contribution >= 4 is 6.41 Å². The Labute approximate surface area is 53.6 Å². The van der Waals surface area contributed by atoms with Crippen LogP contribution >= 0.6 is 0 Å². The Kier molecular flexibility index (Phi) is 0.990. The summed E-state index contributed by atoms with van der Waals surface area (Å²) in [5, 5.41) is 0. The minimum absolute atomic E-state index is 0.316. The van der Waals surface area contributed by atoms with E-state index < -0.39 is 0 Å². The van der Waals surface area contributed by atoms with Crippen molar-refractivity contribution in [2.24, 2.45) is 0 Å². The Morgan fingerprint density at radius 1 is 1.67 bits per heavy atom. The molecule has 2 unspecified atom stereocenters. The van der Waals surface area contributed by atoms with Gasteiger partial charge in [-0.05, 0) is 6.42 Å². The lowest BCUT2D eigenvalue weighted by Gasteiger charge is -2.20. The van der Waals surface area contributed by atoms with Gasteiger partial charge in [-0.15, -0.1) is 0 Å². The largest absolute Gasteiger partial charge is 0.374 e. The molecule has 0 N–H and O–H groups in total. The monoisotopic (exact) mass is 126 g/mol. The standard InChI is InChI=1S/C6H8NO2/c8-4-7-2-6-1-5(7)3-9-6/h5-6H,1-3H2. The molecule has 1 radical (unpaired) electrons. The van der Waals surface area contributed by atoms with Gasteiger partial charge >= 0.3 is 6.41 Å². The Morgan fingerprint density at radius 2 is 2.56 bits per heavy atom. The van der Waals surface area contributed by atoms with Crippen molar-refractivity contribution in [3.8, 4) is 0 Å². The molecule has 1 amide bonds. The van der Waals surface area contributed by atoms with Crippen LogP contribution in [0.25, 0.3) is 0 Å². The van der Waals surface area contributed by atoms with Crippen LogP contribution in [0.15, 0.2) is 0 Å². The van der Waals surface area contributed by atoms with E-state index >= 15 is 0 Å². The van der Waals surface area contributed by atoms with Gasteiger partial charge in [0.15, 0.2) is 0 Å². The van der Waals surface area contributed by atoms with Crippen LogP contribution in [0.2, 0.25) is 0 Å². The molecule has 0 aliphatic carbocycles. The molecule has 49 valence electrons. The van der Waals surface area contributed by atoms with Crippen LogP contribution in [0.5, 0.6) is 0 Å². The fourth-order valence-corrected chi connectivity index (χ4v) is 1.51. The van der Waals surface area contributed by atoms with Crippen LogP contribution in [0.1, 0.15) is 6.42 Å². The summed E-state index contributed by atoms with van der Waals surface area (Å²) in [5.74, 6) is 0. The minimum atomic E-state index is 0.316. The smallest absolute Gasteiger partial charge is 0.312 e. The number of amides is 1. The molecule has 0 aromatic rings. The molecular formula is C6H8NO2. The lowest BCUT2D eigenvalue weighted by molar-refractivity contribution is 0.0557. The highest BCUT2D eigenvalue weighted by Crippen LogP contribution is 2.25. The zero-order chi connectivity index (χ0) is 6.27. The van der Waals surface area contributed by atoms with E-state index in [1.165, 1.54) is 0 Å². The van der Waals surface area contributed by atoms with Gasteiger partial charge in [-0.1, -0.05) is 0 Å². The quantitative estimate of drug-likeness (QED) is 0.475. The summed E-state index contributed by atoms with van der Waals surface area (Å²) in [6, 6.07) is 0.340. The van der Waals surface area contributed by atoms with Gasteiger partial charge in [-0.25, -0.2) is 0 Å². The van der Waals surface area contributed by atoms with Crippen LogP contribution in [-0.2, 0) is 9.53 Å². The van der Waals surface area contributed by atoms with Gasteiger partial charge in [0.05, 0.1) is 18.8 Å². The first-order chi connectivity index (χ1) is 4.40. The van der Waals surface area contributed by atoms with E-state index in [0.717, 1.165) is 19.6 Å². The summed E-state index contributed by atoms with van der Waals surface area (Å²) in [4.78, 5) is 11.8. The maximum atomic E-state index is 10.1. The average Bonchev–Trinajstić information content (AvgIpc) is 2.45. The number of fused-ring (bicyclic) bond motifs is 2. The zero-order valence-corrected chi connectivity index (χ0v) is 5.04. The number of carbonyl (C=O) groups excluding carboxylic acids is 1. The van der Waals surface area contributed by atoms with Crippen molar-refractivity contribution in [3.63, 3.8) is 0 Å². The third-order valence-corrected chi connectivity index (χ3v) is 2.02. The van der Waals surface area contributed by atoms with Gasteiger partial charge in [0.25, 0.3) is 0 Å². The predicted molar refractivity (Wildman–Crippen MR) is 30.5 cm³/mol. The van der Waals surface area contributed by atoms with Gasteiger partial charge < -0.3 is 9.64 Å². The molecule has 3 heteroatoms. The highest BCUT2D eigenvalue weighted by Gasteiger charge is 2.38. The highest BCUT2D eigenvalue weighted by atomic mass is 16.5. The molecule has 0 saturated carbocycles. The lowest BCUT2D eigenvalue weighted by atomic mass is 10.2. The molecule has 2 aliphatic rings. The number of morpholine rings is 1. The third-order valence-electron chi connectivity index (χ3n) is 2.02. The summed E-state index contributed by atoms with van der Waals surface area (Å²) >= 11 is 0. The first kappa shape index (κ1) is 5.23. The Morgan fingerprint density at radius 3 is 2.89 bits per heavy atom. The number of ether oxygens (including phenoxy) is 1. The van der Waals surface area contributed by atoms with Gasteiger partial charge in [0.1, 0.15) is 0 Å². The van der Waals surface area contributed by atoms with E-state index in [1.807, 2.05) is 6.41 Å². The van der Waals surface area contributed by atoms with Crippen molar-refractivity contribution in [1.29, 1.82) is 0 Å². The first-order valence-corrected chi connectivity index (χ1v) is 3.16. The molecular weight excluding hydrogens is 118 g/mol. The Hall–Kier alpha value is -0.570. The summed E-state index contributed by atoms with van der Waals surface area (Å²) in [5.41, 5.74) is 0. The molecule has 0 aromatic carbocycles. The van der Waals surface area contributed by atoms with E-state index in [4.69, 9.17) is 4.74 Å². The molecule has 2 rings (SSSR count). The average molecular weight is 126 g/mol. The van der Waals surface area contributed by atoms with Gasteiger partial charge in [0.2, 0.25) is 0 Å². The van der Waals surface area contributed by atoms with E-state index in [1.54, 1.807) is 4.90 Å². The number of nitrogens with zero attached hydrogens (tertiary/aromatic N) is 1. The van der Waals surface area contributed by atoms with Crippen LogP contribution in [-0.4, -0.2) is 36.6 Å². The molecule has 2 heterocycles. The maximum Gasteiger partial charge on any atom is 0.312 e. The SMILES string of the molecule is O=[C]N1CC2CC1CO2.